The minimum Gasteiger partial charge on any atom is -0.341 e. The maximum absolute atomic E-state index is 12.0. The first kappa shape index (κ1) is 14.3. The third-order valence-corrected chi connectivity index (χ3v) is 4.71. The van der Waals surface area contributed by atoms with E-state index in [1.165, 1.54) is 39.2 Å². The number of rotatable bonds is 2. The SMILES string of the molecule is CNC(=O)NC(=O)C(C)N1CCC2CCCCC2C1. The van der Waals surface area contributed by atoms with E-state index in [0.717, 1.165) is 24.9 Å². The number of piperidine rings is 1. The predicted molar refractivity (Wildman–Crippen MR) is 73.7 cm³/mol. The second-order valence-electron chi connectivity index (χ2n) is 5.83. The van der Waals surface area contributed by atoms with Crippen LogP contribution in [0.3, 0.4) is 0 Å². The molecule has 0 spiro atoms. The third kappa shape index (κ3) is 3.47. The van der Waals surface area contributed by atoms with Crippen molar-refractivity contribution >= 4 is 11.9 Å². The molecule has 2 rings (SSSR count). The van der Waals surface area contributed by atoms with Crippen LogP contribution in [-0.2, 0) is 4.79 Å². The number of amides is 3. The first-order valence-electron chi connectivity index (χ1n) is 7.38. The fourth-order valence-electron chi connectivity index (χ4n) is 3.43. The largest absolute Gasteiger partial charge is 0.341 e. The minimum absolute atomic E-state index is 0.200. The Bertz CT molecular complexity index is 346. The summed E-state index contributed by atoms with van der Waals surface area (Å²) in [5.74, 6) is 1.41. The second-order valence-corrected chi connectivity index (χ2v) is 5.83. The van der Waals surface area contributed by atoms with Crippen LogP contribution in [-0.4, -0.2) is 43.0 Å². The lowest BCUT2D eigenvalue weighted by atomic mass is 9.75. The number of nitrogens with one attached hydrogen (secondary N) is 2. The standard InChI is InChI=1S/C14H25N3O2/c1-10(13(18)16-14(19)15-2)17-8-7-11-5-3-4-6-12(11)9-17/h10-12H,3-9H2,1-2H3,(H2,15,16,18,19). The average Bonchev–Trinajstić information content (AvgIpc) is 2.45. The molecule has 5 heteroatoms. The average molecular weight is 267 g/mol. The van der Waals surface area contributed by atoms with Crippen molar-refractivity contribution in [3.8, 4) is 0 Å². The zero-order valence-corrected chi connectivity index (χ0v) is 11.9. The molecule has 0 radical (unpaired) electrons. The molecule has 0 aromatic carbocycles. The van der Waals surface area contributed by atoms with Crippen molar-refractivity contribution < 1.29 is 9.59 Å². The summed E-state index contributed by atoms with van der Waals surface area (Å²) in [7, 11) is 1.51. The number of fused-ring (bicyclic) bond motifs is 1. The lowest BCUT2D eigenvalue weighted by Gasteiger charge is -2.43. The summed E-state index contributed by atoms with van der Waals surface area (Å²) in [6, 6.07) is -0.649. The molecular formula is C14H25N3O2. The van der Waals surface area contributed by atoms with Crippen LogP contribution in [0.1, 0.15) is 39.0 Å². The quantitative estimate of drug-likeness (QED) is 0.794. The van der Waals surface area contributed by atoms with Crippen LogP contribution >= 0.6 is 0 Å². The van der Waals surface area contributed by atoms with Gasteiger partial charge in [0.1, 0.15) is 0 Å². The molecule has 108 valence electrons. The molecule has 1 heterocycles. The number of likely N-dealkylation sites (tertiary alicyclic amines) is 1. The van der Waals surface area contributed by atoms with Crippen molar-refractivity contribution in [2.24, 2.45) is 11.8 Å². The summed E-state index contributed by atoms with van der Waals surface area (Å²) in [5, 5.41) is 4.78. The Morgan fingerprint density at radius 2 is 1.84 bits per heavy atom. The van der Waals surface area contributed by atoms with Gasteiger partial charge in [-0.2, -0.15) is 0 Å². The first-order chi connectivity index (χ1) is 9.11. The van der Waals surface area contributed by atoms with Crippen molar-refractivity contribution in [1.82, 2.24) is 15.5 Å². The van der Waals surface area contributed by atoms with Gasteiger partial charge in [0.05, 0.1) is 6.04 Å². The highest BCUT2D eigenvalue weighted by molar-refractivity contribution is 5.96. The predicted octanol–water partition coefficient (Wildman–Crippen LogP) is 1.34. The molecule has 2 N–H and O–H groups in total. The highest BCUT2D eigenvalue weighted by Crippen LogP contribution is 2.36. The molecule has 2 aliphatic rings. The molecule has 1 aliphatic heterocycles. The normalized spacial score (nSPS) is 29.2. The van der Waals surface area contributed by atoms with E-state index in [0.29, 0.717) is 0 Å². The van der Waals surface area contributed by atoms with Crippen molar-refractivity contribution in [2.75, 3.05) is 20.1 Å². The summed E-state index contributed by atoms with van der Waals surface area (Å²) < 4.78 is 0. The molecule has 19 heavy (non-hydrogen) atoms. The van der Waals surface area contributed by atoms with Gasteiger partial charge in [-0.15, -0.1) is 0 Å². The minimum atomic E-state index is -0.426. The molecule has 1 aliphatic carbocycles. The van der Waals surface area contributed by atoms with E-state index in [4.69, 9.17) is 0 Å². The van der Waals surface area contributed by atoms with E-state index in [1.54, 1.807) is 0 Å². The van der Waals surface area contributed by atoms with Crippen LogP contribution in [0, 0.1) is 11.8 Å². The number of carbonyl (C=O) groups excluding carboxylic acids is 2. The summed E-state index contributed by atoms with van der Waals surface area (Å²) in [5.41, 5.74) is 0. The van der Waals surface area contributed by atoms with Crippen LogP contribution in [0.15, 0.2) is 0 Å². The van der Waals surface area contributed by atoms with Gasteiger partial charge in [0.25, 0.3) is 0 Å². The molecular weight excluding hydrogens is 242 g/mol. The molecule has 3 atom stereocenters. The molecule has 0 bridgehead atoms. The van der Waals surface area contributed by atoms with Crippen LogP contribution in [0.4, 0.5) is 4.79 Å². The smallest absolute Gasteiger partial charge is 0.321 e. The summed E-state index contributed by atoms with van der Waals surface area (Å²) in [4.78, 5) is 25.4. The van der Waals surface area contributed by atoms with E-state index < -0.39 is 6.03 Å². The van der Waals surface area contributed by atoms with Gasteiger partial charge in [-0.25, -0.2) is 4.79 Å². The highest BCUT2D eigenvalue weighted by atomic mass is 16.2. The number of carbonyl (C=O) groups is 2. The van der Waals surface area contributed by atoms with Crippen LogP contribution in [0.5, 0.6) is 0 Å². The zero-order chi connectivity index (χ0) is 13.8. The van der Waals surface area contributed by atoms with Gasteiger partial charge >= 0.3 is 6.03 Å². The van der Waals surface area contributed by atoms with Gasteiger partial charge < -0.3 is 5.32 Å². The molecule has 0 aromatic rings. The number of nitrogens with zero attached hydrogens (tertiary/aromatic N) is 1. The van der Waals surface area contributed by atoms with E-state index in [-0.39, 0.29) is 11.9 Å². The van der Waals surface area contributed by atoms with Crippen LogP contribution in [0.2, 0.25) is 0 Å². The molecule has 0 aromatic heterocycles. The van der Waals surface area contributed by atoms with Gasteiger partial charge in [0.15, 0.2) is 0 Å². The Labute approximate surface area is 115 Å². The summed E-state index contributed by atoms with van der Waals surface area (Å²) >= 11 is 0. The molecule has 5 nitrogen and oxygen atoms in total. The van der Waals surface area contributed by atoms with E-state index in [2.05, 4.69) is 15.5 Å². The van der Waals surface area contributed by atoms with Gasteiger partial charge in [-0.1, -0.05) is 19.3 Å². The molecule has 1 saturated heterocycles. The molecule has 3 unspecified atom stereocenters. The van der Waals surface area contributed by atoms with Gasteiger partial charge in [-0.3, -0.25) is 15.0 Å². The summed E-state index contributed by atoms with van der Waals surface area (Å²) in [6.45, 7) is 3.87. The topological polar surface area (TPSA) is 61.4 Å². The van der Waals surface area contributed by atoms with E-state index >= 15 is 0 Å². The van der Waals surface area contributed by atoms with Crippen molar-refractivity contribution in [2.45, 2.75) is 45.1 Å². The van der Waals surface area contributed by atoms with Gasteiger partial charge in [0, 0.05) is 13.6 Å². The Morgan fingerprint density at radius 1 is 1.16 bits per heavy atom. The lowest BCUT2D eigenvalue weighted by Crippen LogP contribution is -2.53. The van der Waals surface area contributed by atoms with Crippen molar-refractivity contribution in [3.05, 3.63) is 0 Å². The van der Waals surface area contributed by atoms with Crippen molar-refractivity contribution in [3.63, 3.8) is 0 Å². The first-order valence-corrected chi connectivity index (χ1v) is 7.38. The highest BCUT2D eigenvalue weighted by Gasteiger charge is 2.34. The summed E-state index contributed by atoms with van der Waals surface area (Å²) in [6.07, 6.45) is 6.55. The monoisotopic (exact) mass is 267 g/mol. The van der Waals surface area contributed by atoms with E-state index in [9.17, 15) is 9.59 Å². The number of urea groups is 1. The Kier molecular flexibility index (Phi) is 4.80. The third-order valence-electron chi connectivity index (χ3n) is 4.71. The number of hydrogen-bond acceptors (Lipinski definition) is 3. The van der Waals surface area contributed by atoms with Crippen LogP contribution < -0.4 is 10.6 Å². The Balaban J connectivity index is 1.87. The van der Waals surface area contributed by atoms with E-state index in [1.807, 2.05) is 6.92 Å². The Hall–Kier alpha value is -1.10. The number of imide groups is 1. The fourth-order valence-corrected chi connectivity index (χ4v) is 3.43. The maximum Gasteiger partial charge on any atom is 0.321 e. The van der Waals surface area contributed by atoms with Crippen LogP contribution in [0.25, 0.3) is 0 Å². The number of hydrogen-bond donors (Lipinski definition) is 2. The molecule has 2 fully saturated rings. The maximum atomic E-state index is 12.0. The Morgan fingerprint density at radius 3 is 2.53 bits per heavy atom. The molecule has 1 saturated carbocycles. The van der Waals surface area contributed by atoms with Crippen molar-refractivity contribution in [1.29, 1.82) is 0 Å². The fraction of sp³-hybridized carbons (Fsp3) is 0.857. The molecule has 3 amide bonds. The second kappa shape index (κ2) is 6.37. The van der Waals surface area contributed by atoms with Gasteiger partial charge in [-0.05, 0) is 38.1 Å². The van der Waals surface area contributed by atoms with Gasteiger partial charge in [0.2, 0.25) is 5.91 Å². The lowest BCUT2D eigenvalue weighted by molar-refractivity contribution is -0.126. The zero-order valence-electron chi connectivity index (χ0n) is 11.9.